The zero-order valence-electron chi connectivity index (χ0n) is 19.1. The van der Waals surface area contributed by atoms with Crippen LogP contribution in [0.15, 0.2) is 72.6 Å². The van der Waals surface area contributed by atoms with Crippen LogP contribution in [0.25, 0.3) is 5.76 Å². The van der Waals surface area contributed by atoms with E-state index in [-0.39, 0.29) is 29.5 Å². The van der Waals surface area contributed by atoms with Crippen LogP contribution < -0.4 is 4.74 Å². The van der Waals surface area contributed by atoms with E-state index in [9.17, 15) is 27.9 Å². The number of amides is 1. The van der Waals surface area contributed by atoms with Gasteiger partial charge in [0.25, 0.3) is 11.7 Å². The van der Waals surface area contributed by atoms with E-state index in [0.717, 1.165) is 17.7 Å². The van der Waals surface area contributed by atoms with Crippen molar-refractivity contribution in [2.24, 2.45) is 0 Å². The molecule has 1 saturated heterocycles. The van der Waals surface area contributed by atoms with Crippen molar-refractivity contribution in [3.05, 3.63) is 100 Å². The first-order valence-corrected chi connectivity index (χ1v) is 11.3. The van der Waals surface area contributed by atoms with Crippen LogP contribution in [-0.4, -0.2) is 32.8 Å². The lowest BCUT2D eigenvalue weighted by Gasteiger charge is -2.25. The molecule has 2 aromatic carbocycles. The van der Waals surface area contributed by atoms with Crippen LogP contribution in [-0.2, 0) is 28.7 Å². The smallest absolute Gasteiger partial charge is 0.416 e. The number of benzene rings is 2. The maximum absolute atomic E-state index is 13.2. The average Bonchev–Trinajstić information content (AvgIpc) is 3.35. The molecule has 36 heavy (non-hydrogen) atoms. The van der Waals surface area contributed by atoms with Crippen LogP contribution in [0.2, 0.25) is 0 Å². The summed E-state index contributed by atoms with van der Waals surface area (Å²) in [5.41, 5.74) is 0.926. The minimum atomic E-state index is -4.55. The maximum atomic E-state index is 13.2. The largest absolute Gasteiger partial charge is 0.507 e. The Kier molecular flexibility index (Phi) is 5.78. The summed E-state index contributed by atoms with van der Waals surface area (Å²) in [7, 11) is 0. The quantitative estimate of drug-likeness (QED) is 0.312. The predicted molar refractivity (Wildman–Crippen MR) is 124 cm³/mol. The number of likely N-dealkylation sites (tertiary alicyclic amines) is 1. The predicted octanol–water partition coefficient (Wildman–Crippen LogP) is 5.05. The van der Waals surface area contributed by atoms with E-state index in [1.165, 1.54) is 29.4 Å². The fraction of sp³-hybridized carbons (Fsp3) is 0.222. The molecular weight excluding hydrogens is 473 g/mol. The van der Waals surface area contributed by atoms with Gasteiger partial charge in [-0.2, -0.15) is 13.2 Å². The van der Waals surface area contributed by atoms with Crippen LogP contribution in [0.1, 0.15) is 40.8 Å². The number of aliphatic hydroxyl groups is 1. The van der Waals surface area contributed by atoms with Gasteiger partial charge in [0.15, 0.2) is 0 Å². The lowest BCUT2D eigenvalue weighted by molar-refractivity contribution is -0.140. The minimum absolute atomic E-state index is 0.0211. The van der Waals surface area contributed by atoms with Crippen LogP contribution in [0.4, 0.5) is 13.2 Å². The molecule has 0 saturated carbocycles. The van der Waals surface area contributed by atoms with Gasteiger partial charge >= 0.3 is 6.18 Å². The van der Waals surface area contributed by atoms with Crippen LogP contribution in [0.3, 0.4) is 0 Å². The Morgan fingerprint density at radius 3 is 2.58 bits per heavy atom. The van der Waals surface area contributed by atoms with Crippen molar-refractivity contribution in [1.82, 2.24) is 9.88 Å². The molecule has 2 aliphatic rings. The summed E-state index contributed by atoms with van der Waals surface area (Å²) in [6.45, 7) is 1.66. The van der Waals surface area contributed by atoms with E-state index < -0.39 is 29.5 Å². The lowest BCUT2D eigenvalue weighted by atomic mass is 9.95. The number of carbonyl (C=O) groups is 2. The third-order valence-corrected chi connectivity index (χ3v) is 6.34. The topological polar surface area (TPSA) is 79.7 Å². The number of aromatic nitrogens is 1. The molecule has 1 N–H and O–H groups in total. The highest BCUT2D eigenvalue weighted by molar-refractivity contribution is 6.46. The normalized spacial score (nSPS) is 20.9. The van der Waals surface area contributed by atoms with Gasteiger partial charge in [0.05, 0.1) is 17.2 Å². The van der Waals surface area contributed by atoms with Crippen molar-refractivity contribution < 1.29 is 32.6 Å². The number of Topliss-reactive ketones (excluding diaryl/α,β-unsaturated/α-hetero) is 1. The molecule has 1 fully saturated rings. The summed E-state index contributed by atoms with van der Waals surface area (Å²) < 4.78 is 45.4. The van der Waals surface area contributed by atoms with Gasteiger partial charge in [0, 0.05) is 30.9 Å². The van der Waals surface area contributed by atoms with Gasteiger partial charge in [-0.1, -0.05) is 12.1 Å². The monoisotopic (exact) mass is 494 g/mol. The lowest BCUT2D eigenvalue weighted by Crippen LogP contribution is -2.29. The molecule has 3 aromatic rings. The zero-order valence-corrected chi connectivity index (χ0v) is 19.1. The van der Waals surface area contributed by atoms with Gasteiger partial charge in [0.2, 0.25) is 0 Å². The minimum Gasteiger partial charge on any atom is -0.507 e. The van der Waals surface area contributed by atoms with E-state index in [1.54, 1.807) is 30.3 Å². The van der Waals surface area contributed by atoms with Gasteiger partial charge in [-0.15, -0.1) is 0 Å². The molecule has 2 aliphatic heterocycles. The van der Waals surface area contributed by atoms with Gasteiger partial charge in [-0.25, -0.2) is 0 Å². The number of pyridine rings is 1. The molecule has 0 aliphatic carbocycles. The molecule has 1 aromatic heterocycles. The first-order chi connectivity index (χ1) is 17.1. The third kappa shape index (κ3) is 4.21. The third-order valence-electron chi connectivity index (χ3n) is 6.34. The molecular formula is C27H21F3N2O4. The Bertz CT molecular complexity index is 1390. The number of ether oxygens (including phenoxy) is 1. The molecule has 2 unspecified atom stereocenters. The molecule has 5 rings (SSSR count). The van der Waals surface area contributed by atoms with Crippen LogP contribution in [0.5, 0.6) is 5.75 Å². The summed E-state index contributed by atoms with van der Waals surface area (Å²) in [5.74, 6) is -1.49. The number of hydrogen-bond acceptors (Lipinski definition) is 5. The molecule has 0 radical (unpaired) electrons. The SMILES string of the molecule is CC1Cc2cc(/C(O)=C3/C(=O)C(=O)N(Cc4cccc(C(F)(F)F)c4)C3c3ccncc3)ccc2O1. The Labute approximate surface area is 204 Å². The number of hydrogen-bond donors (Lipinski definition) is 1. The Balaban J connectivity index is 1.59. The summed E-state index contributed by atoms with van der Waals surface area (Å²) in [6, 6.07) is 11.8. The van der Waals surface area contributed by atoms with E-state index >= 15 is 0 Å². The molecule has 2 atom stereocenters. The second-order valence-electron chi connectivity index (χ2n) is 8.86. The number of fused-ring (bicyclic) bond motifs is 1. The molecule has 9 heteroatoms. The highest BCUT2D eigenvalue weighted by atomic mass is 19.4. The average molecular weight is 494 g/mol. The van der Waals surface area contributed by atoms with E-state index in [4.69, 9.17) is 4.74 Å². The molecule has 6 nitrogen and oxygen atoms in total. The summed E-state index contributed by atoms with van der Waals surface area (Å²) in [5, 5.41) is 11.2. The van der Waals surface area contributed by atoms with Crippen molar-refractivity contribution in [3.63, 3.8) is 0 Å². The Morgan fingerprint density at radius 2 is 1.86 bits per heavy atom. The highest BCUT2D eigenvalue weighted by Crippen LogP contribution is 2.41. The van der Waals surface area contributed by atoms with Crippen molar-refractivity contribution in [3.8, 4) is 5.75 Å². The van der Waals surface area contributed by atoms with Gasteiger partial charge < -0.3 is 14.7 Å². The van der Waals surface area contributed by atoms with Crippen LogP contribution >= 0.6 is 0 Å². The molecule has 0 bridgehead atoms. The number of nitrogens with zero attached hydrogens (tertiary/aromatic N) is 2. The van der Waals surface area contributed by atoms with Gasteiger partial charge in [0.1, 0.15) is 17.6 Å². The number of halogens is 3. The van der Waals surface area contributed by atoms with Gasteiger partial charge in [-0.3, -0.25) is 14.6 Å². The van der Waals surface area contributed by atoms with Crippen molar-refractivity contribution in [2.45, 2.75) is 38.2 Å². The number of ketones is 1. The molecule has 3 heterocycles. The standard InChI is InChI=1S/C27H21F3N2O4/c1-15-11-19-13-18(5-6-21(19)36-15)24(33)22-23(17-7-9-31-10-8-17)32(26(35)25(22)34)14-16-3-2-4-20(12-16)27(28,29)30/h2-10,12-13,15,23,33H,11,14H2,1H3/b24-22-. The fourth-order valence-corrected chi connectivity index (χ4v) is 4.70. The molecule has 184 valence electrons. The fourth-order valence-electron chi connectivity index (χ4n) is 4.70. The Morgan fingerprint density at radius 1 is 1.11 bits per heavy atom. The van der Waals surface area contributed by atoms with Crippen LogP contribution in [0, 0.1) is 0 Å². The zero-order chi connectivity index (χ0) is 25.6. The maximum Gasteiger partial charge on any atom is 0.416 e. The summed E-state index contributed by atoms with van der Waals surface area (Å²) in [4.78, 5) is 31.5. The molecule has 1 amide bonds. The number of rotatable bonds is 4. The van der Waals surface area contributed by atoms with Crippen molar-refractivity contribution in [1.29, 1.82) is 0 Å². The second kappa shape index (κ2) is 8.82. The van der Waals surface area contributed by atoms with Crippen molar-refractivity contribution >= 4 is 17.4 Å². The summed E-state index contributed by atoms with van der Waals surface area (Å²) >= 11 is 0. The second-order valence-corrected chi connectivity index (χ2v) is 8.86. The van der Waals surface area contributed by atoms with E-state index in [1.807, 2.05) is 6.92 Å². The highest BCUT2D eigenvalue weighted by Gasteiger charge is 2.46. The molecule has 0 spiro atoms. The number of aliphatic hydroxyl groups excluding tert-OH is 1. The van der Waals surface area contributed by atoms with Crippen molar-refractivity contribution in [2.75, 3.05) is 0 Å². The van der Waals surface area contributed by atoms with Gasteiger partial charge in [-0.05, 0) is 66.1 Å². The first-order valence-electron chi connectivity index (χ1n) is 11.3. The Hall–Kier alpha value is -4.14. The first kappa shape index (κ1) is 23.6. The summed E-state index contributed by atoms with van der Waals surface area (Å²) in [6.07, 6.45) is -0.980. The number of carbonyl (C=O) groups excluding carboxylic acids is 2. The van der Waals surface area contributed by atoms with E-state index in [2.05, 4.69) is 4.98 Å². The van der Waals surface area contributed by atoms with E-state index in [0.29, 0.717) is 23.3 Å². The number of alkyl halides is 3.